The van der Waals surface area contributed by atoms with Crippen LogP contribution in [0.25, 0.3) is 0 Å². The van der Waals surface area contributed by atoms with Crippen molar-refractivity contribution in [3.63, 3.8) is 0 Å². The molecule has 0 unspecified atom stereocenters. The Bertz CT molecular complexity index is 639. The number of fused-ring (bicyclic) bond motifs is 2. The van der Waals surface area contributed by atoms with Gasteiger partial charge in [0, 0.05) is 18.5 Å². The number of carbonyl (C=O) groups excluding carboxylic acids is 2. The summed E-state index contributed by atoms with van der Waals surface area (Å²) in [7, 11) is -0.485. The minimum absolute atomic E-state index is 0.0628. The summed E-state index contributed by atoms with van der Waals surface area (Å²) in [6.07, 6.45) is 8.59. The van der Waals surface area contributed by atoms with Crippen molar-refractivity contribution in [1.82, 2.24) is 4.90 Å². The van der Waals surface area contributed by atoms with Gasteiger partial charge >= 0.3 is 5.97 Å². The molecule has 158 valence electrons. The van der Waals surface area contributed by atoms with Crippen molar-refractivity contribution in [3.8, 4) is 0 Å². The van der Waals surface area contributed by atoms with Crippen LogP contribution in [0.4, 0.5) is 0 Å². The van der Waals surface area contributed by atoms with Gasteiger partial charge in [0.25, 0.3) is 0 Å². The second-order valence-electron chi connectivity index (χ2n) is 10.4. The number of nitrogens with zero attached hydrogens (tertiary/aromatic N) is 1. The van der Waals surface area contributed by atoms with Gasteiger partial charge in [-0.25, -0.2) is 0 Å². The number of carbonyl (C=O) groups is 2. The number of esters is 1. The number of methoxy groups -OCH3 is 1. The summed E-state index contributed by atoms with van der Waals surface area (Å²) in [5, 5.41) is 0.139. The number of hydrogen-bond acceptors (Lipinski definition) is 4. The Labute approximate surface area is 171 Å². The van der Waals surface area contributed by atoms with E-state index < -0.39 is 8.32 Å². The summed E-state index contributed by atoms with van der Waals surface area (Å²) in [5.74, 6) is 0.982. The molecular weight excluding hydrogens is 370 g/mol. The fraction of sp³-hybridized carbons (Fsp3) is 0.818. The number of rotatable bonds is 5. The standard InChI is InChI=1S/C22H37NO4Si/c1-22(2,3)28(5,6)27-18-10-9-17(13-20(24)26-4)23(14-18)21(25)19-12-15-7-8-16(19)11-15/h7-8,15-19H,9-14H2,1-6H3/t15-,16+,17+,18+,19-/m1/s1. The summed E-state index contributed by atoms with van der Waals surface area (Å²) >= 11 is 0. The Balaban J connectivity index is 1.74. The molecule has 2 bridgehead atoms. The van der Waals surface area contributed by atoms with Gasteiger partial charge in [0.05, 0.1) is 19.6 Å². The van der Waals surface area contributed by atoms with Crippen LogP contribution in [0.2, 0.25) is 18.1 Å². The molecule has 6 heteroatoms. The number of hydrogen-bond donors (Lipinski definition) is 0. The Morgan fingerprint density at radius 3 is 2.39 bits per heavy atom. The molecule has 0 aromatic rings. The molecule has 0 N–H and O–H groups in total. The third kappa shape index (κ3) is 4.38. The molecule has 1 saturated carbocycles. The van der Waals surface area contributed by atoms with Gasteiger partial charge in [-0.15, -0.1) is 0 Å². The molecule has 1 amide bonds. The summed E-state index contributed by atoms with van der Waals surface area (Å²) in [6.45, 7) is 11.9. The predicted molar refractivity (Wildman–Crippen MR) is 112 cm³/mol. The highest BCUT2D eigenvalue weighted by molar-refractivity contribution is 6.74. The molecule has 0 radical (unpaired) electrons. The lowest BCUT2D eigenvalue weighted by atomic mass is 9.89. The highest BCUT2D eigenvalue weighted by Crippen LogP contribution is 2.45. The summed E-state index contributed by atoms with van der Waals surface area (Å²) in [4.78, 5) is 27.4. The van der Waals surface area contributed by atoms with Gasteiger partial charge in [-0.2, -0.15) is 0 Å². The normalized spacial score (nSPS) is 32.6. The van der Waals surface area contributed by atoms with Crippen LogP contribution in [-0.2, 0) is 18.8 Å². The van der Waals surface area contributed by atoms with Gasteiger partial charge in [-0.05, 0) is 55.7 Å². The van der Waals surface area contributed by atoms with Crippen LogP contribution in [0.1, 0.15) is 52.9 Å². The first-order chi connectivity index (χ1) is 13.0. The van der Waals surface area contributed by atoms with Gasteiger partial charge in [0.2, 0.25) is 5.91 Å². The quantitative estimate of drug-likeness (QED) is 0.390. The topological polar surface area (TPSA) is 55.8 Å². The maximum Gasteiger partial charge on any atom is 0.307 e. The van der Waals surface area contributed by atoms with Crippen molar-refractivity contribution in [1.29, 1.82) is 0 Å². The van der Waals surface area contributed by atoms with E-state index in [4.69, 9.17) is 9.16 Å². The van der Waals surface area contributed by atoms with Crippen LogP contribution in [0.3, 0.4) is 0 Å². The van der Waals surface area contributed by atoms with Crippen molar-refractivity contribution in [2.24, 2.45) is 17.8 Å². The molecule has 0 spiro atoms. The highest BCUT2D eigenvalue weighted by atomic mass is 28.4. The highest BCUT2D eigenvalue weighted by Gasteiger charge is 2.46. The SMILES string of the molecule is COC(=O)C[C@@H]1CC[C@H](O[Si](C)(C)C(C)(C)C)CN1C(=O)[C@@H]1C[C@@H]2C=C[C@H]1C2. The minimum atomic E-state index is -1.90. The van der Waals surface area contributed by atoms with Crippen LogP contribution in [0.5, 0.6) is 0 Å². The van der Waals surface area contributed by atoms with Crippen LogP contribution in [-0.4, -0.2) is 50.9 Å². The molecule has 1 heterocycles. The van der Waals surface area contributed by atoms with Crippen LogP contribution in [0.15, 0.2) is 12.2 Å². The molecule has 2 aliphatic carbocycles. The first-order valence-corrected chi connectivity index (χ1v) is 13.7. The largest absolute Gasteiger partial charge is 0.469 e. The third-order valence-electron chi connectivity index (χ3n) is 7.44. The maximum atomic E-state index is 13.5. The number of allylic oxidation sites excluding steroid dienone is 2. The van der Waals surface area contributed by atoms with Gasteiger partial charge < -0.3 is 14.1 Å². The van der Waals surface area contributed by atoms with Gasteiger partial charge in [-0.3, -0.25) is 9.59 Å². The Morgan fingerprint density at radius 1 is 1.14 bits per heavy atom. The second-order valence-corrected chi connectivity index (χ2v) is 15.1. The molecular formula is C22H37NO4Si. The van der Waals surface area contributed by atoms with Crippen molar-refractivity contribution >= 4 is 20.2 Å². The average Bonchev–Trinajstić information content (AvgIpc) is 3.24. The molecule has 0 aromatic heterocycles. The first kappa shape index (κ1) is 21.6. The lowest BCUT2D eigenvalue weighted by Crippen LogP contribution is -2.55. The monoisotopic (exact) mass is 407 g/mol. The zero-order chi connectivity index (χ0) is 20.7. The van der Waals surface area contributed by atoms with Gasteiger partial charge in [0.15, 0.2) is 8.32 Å². The van der Waals surface area contributed by atoms with E-state index in [0.29, 0.717) is 18.4 Å². The summed E-state index contributed by atoms with van der Waals surface area (Å²) in [5.41, 5.74) is 0. The molecule has 0 aromatic carbocycles. The summed E-state index contributed by atoms with van der Waals surface area (Å²) in [6, 6.07) is -0.0673. The zero-order valence-corrected chi connectivity index (χ0v) is 19.4. The minimum Gasteiger partial charge on any atom is -0.469 e. The molecule has 28 heavy (non-hydrogen) atoms. The lowest BCUT2D eigenvalue weighted by Gasteiger charge is -2.45. The van der Waals surface area contributed by atoms with Crippen LogP contribution >= 0.6 is 0 Å². The fourth-order valence-corrected chi connectivity index (χ4v) is 6.10. The molecule has 2 fully saturated rings. The third-order valence-corrected chi connectivity index (χ3v) is 12.0. The molecule has 3 rings (SSSR count). The van der Waals surface area contributed by atoms with E-state index in [-0.39, 0.29) is 41.4 Å². The van der Waals surface area contributed by atoms with E-state index in [1.165, 1.54) is 7.11 Å². The van der Waals surface area contributed by atoms with E-state index >= 15 is 0 Å². The van der Waals surface area contributed by atoms with Crippen LogP contribution < -0.4 is 0 Å². The summed E-state index contributed by atoms with van der Waals surface area (Å²) < 4.78 is 11.5. The van der Waals surface area contributed by atoms with Crippen molar-refractivity contribution in [3.05, 3.63) is 12.2 Å². The van der Waals surface area contributed by atoms with Crippen molar-refractivity contribution in [2.75, 3.05) is 13.7 Å². The number of likely N-dealkylation sites (tertiary alicyclic amines) is 1. The Kier molecular flexibility index (Phi) is 6.11. The van der Waals surface area contributed by atoms with Crippen LogP contribution in [0, 0.1) is 17.8 Å². The van der Waals surface area contributed by atoms with E-state index in [1.807, 2.05) is 4.90 Å². The Morgan fingerprint density at radius 2 is 1.86 bits per heavy atom. The van der Waals surface area contributed by atoms with Crippen molar-refractivity contribution < 1.29 is 18.8 Å². The van der Waals surface area contributed by atoms with E-state index in [0.717, 1.165) is 25.7 Å². The molecule has 5 atom stereocenters. The maximum absolute atomic E-state index is 13.5. The number of amides is 1. The molecule has 1 saturated heterocycles. The average molecular weight is 408 g/mol. The van der Waals surface area contributed by atoms with E-state index in [9.17, 15) is 9.59 Å². The Hall–Kier alpha value is -1.14. The molecule has 3 aliphatic rings. The first-order valence-electron chi connectivity index (χ1n) is 10.8. The van der Waals surface area contributed by atoms with E-state index in [2.05, 4.69) is 46.0 Å². The van der Waals surface area contributed by atoms with Gasteiger partial charge in [0.1, 0.15) is 0 Å². The van der Waals surface area contributed by atoms with Crippen molar-refractivity contribution in [2.45, 2.75) is 83.2 Å². The molecule has 1 aliphatic heterocycles. The smallest absolute Gasteiger partial charge is 0.307 e. The fourth-order valence-electron chi connectivity index (χ4n) is 4.72. The number of piperidine rings is 1. The van der Waals surface area contributed by atoms with Gasteiger partial charge in [-0.1, -0.05) is 32.9 Å². The number of ether oxygens (including phenoxy) is 1. The second kappa shape index (κ2) is 7.94. The zero-order valence-electron chi connectivity index (χ0n) is 18.4. The lowest BCUT2D eigenvalue weighted by molar-refractivity contribution is -0.148. The predicted octanol–water partition coefficient (Wildman–Crippen LogP) is 4.14. The van der Waals surface area contributed by atoms with E-state index in [1.54, 1.807) is 0 Å². The molecule has 5 nitrogen and oxygen atoms in total.